The minimum absolute atomic E-state index is 0.257. The summed E-state index contributed by atoms with van der Waals surface area (Å²) in [6, 6.07) is 0. The first-order valence-electron chi connectivity index (χ1n) is 4.81. The van der Waals surface area contributed by atoms with E-state index in [1.807, 2.05) is 20.2 Å². The van der Waals surface area contributed by atoms with Gasteiger partial charge in [-0.05, 0) is 26.7 Å². The number of nitrogens with zero attached hydrogens (tertiary/aromatic N) is 2. The number of imidazole rings is 1. The van der Waals surface area contributed by atoms with E-state index >= 15 is 0 Å². The highest BCUT2D eigenvalue weighted by Gasteiger charge is 2.02. The Balaban J connectivity index is 2.31. The summed E-state index contributed by atoms with van der Waals surface area (Å²) in [7, 11) is 0. The zero-order valence-corrected chi connectivity index (χ0v) is 8.66. The second-order valence-corrected chi connectivity index (χ2v) is 3.46. The molecule has 78 valence electrons. The predicted octanol–water partition coefficient (Wildman–Crippen LogP) is 1.75. The number of hydrogen-bond acceptors (Lipinski definition) is 2. The first-order valence-corrected chi connectivity index (χ1v) is 4.81. The lowest BCUT2D eigenvalue weighted by atomic mass is 10.2. The maximum Gasteiger partial charge on any atom is 0.303 e. The third-order valence-corrected chi connectivity index (χ3v) is 2.38. The summed E-state index contributed by atoms with van der Waals surface area (Å²) in [5.41, 5.74) is 2.21. The van der Waals surface area contributed by atoms with Crippen LogP contribution in [0.15, 0.2) is 6.33 Å². The highest BCUT2D eigenvalue weighted by atomic mass is 16.4. The molecule has 0 fully saturated rings. The van der Waals surface area contributed by atoms with E-state index in [-0.39, 0.29) is 6.42 Å². The first-order chi connectivity index (χ1) is 6.61. The largest absolute Gasteiger partial charge is 0.481 e. The summed E-state index contributed by atoms with van der Waals surface area (Å²) in [4.78, 5) is 14.4. The van der Waals surface area contributed by atoms with Crippen LogP contribution in [0.4, 0.5) is 0 Å². The number of aromatic nitrogens is 2. The quantitative estimate of drug-likeness (QED) is 0.730. The number of rotatable bonds is 5. The Morgan fingerprint density at radius 2 is 2.21 bits per heavy atom. The van der Waals surface area contributed by atoms with E-state index in [0.29, 0.717) is 0 Å². The van der Waals surface area contributed by atoms with Crippen molar-refractivity contribution in [1.82, 2.24) is 9.55 Å². The highest BCUT2D eigenvalue weighted by Crippen LogP contribution is 2.06. The van der Waals surface area contributed by atoms with E-state index in [4.69, 9.17) is 5.11 Å². The van der Waals surface area contributed by atoms with Crippen LogP contribution >= 0.6 is 0 Å². The molecule has 1 aromatic rings. The van der Waals surface area contributed by atoms with Crippen molar-refractivity contribution < 1.29 is 9.90 Å². The van der Waals surface area contributed by atoms with Crippen molar-refractivity contribution in [1.29, 1.82) is 0 Å². The fourth-order valence-corrected chi connectivity index (χ4v) is 1.33. The van der Waals surface area contributed by atoms with Gasteiger partial charge in [0.15, 0.2) is 0 Å². The van der Waals surface area contributed by atoms with Crippen LogP contribution in [0.5, 0.6) is 0 Å². The van der Waals surface area contributed by atoms with E-state index in [2.05, 4.69) is 9.55 Å². The smallest absolute Gasteiger partial charge is 0.303 e. The summed E-state index contributed by atoms with van der Waals surface area (Å²) in [5, 5.41) is 8.45. The zero-order valence-electron chi connectivity index (χ0n) is 8.66. The predicted molar refractivity (Wildman–Crippen MR) is 53.2 cm³/mol. The van der Waals surface area contributed by atoms with Crippen LogP contribution in [-0.4, -0.2) is 20.6 Å². The zero-order chi connectivity index (χ0) is 10.6. The number of carbonyl (C=O) groups is 1. The number of hydrogen-bond donors (Lipinski definition) is 1. The number of unbranched alkanes of at least 4 members (excludes halogenated alkanes) is 1. The summed E-state index contributed by atoms with van der Waals surface area (Å²) in [6.45, 7) is 4.86. The van der Waals surface area contributed by atoms with Gasteiger partial charge in [-0.1, -0.05) is 0 Å². The molecule has 0 saturated carbocycles. The molecule has 0 radical (unpaired) electrons. The molecular formula is C10H16N2O2. The molecule has 1 heterocycles. The maximum absolute atomic E-state index is 10.3. The van der Waals surface area contributed by atoms with Crippen molar-refractivity contribution in [2.45, 2.75) is 39.7 Å². The molecule has 1 N–H and O–H groups in total. The van der Waals surface area contributed by atoms with Crippen LogP contribution in [0.1, 0.15) is 30.7 Å². The van der Waals surface area contributed by atoms with Crippen LogP contribution in [0.25, 0.3) is 0 Å². The molecule has 1 rings (SSSR count). The highest BCUT2D eigenvalue weighted by molar-refractivity contribution is 5.66. The van der Waals surface area contributed by atoms with Gasteiger partial charge in [-0.25, -0.2) is 4.98 Å². The van der Waals surface area contributed by atoms with Gasteiger partial charge in [0.25, 0.3) is 0 Å². The fraction of sp³-hybridized carbons (Fsp3) is 0.600. The van der Waals surface area contributed by atoms with Crippen molar-refractivity contribution in [3.63, 3.8) is 0 Å². The third kappa shape index (κ3) is 2.87. The van der Waals surface area contributed by atoms with Crippen LogP contribution < -0.4 is 0 Å². The average Bonchev–Trinajstić information content (AvgIpc) is 2.43. The van der Waals surface area contributed by atoms with Gasteiger partial charge in [0.1, 0.15) is 0 Å². The van der Waals surface area contributed by atoms with Gasteiger partial charge in [-0.2, -0.15) is 0 Å². The lowest BCUT2D eigenvalue weighted by molar-refractivity contribution is -0.137. The van der Waals surface area contributed by atoms with E-state index in [0.717, 1.165) is 25.1 Å². The molecule has 0 saturated heterocycles. The number of carboxylic acid groups (broad SMARTS) is 1. The fourth-order valence-electron chi connectivity index (χ4n) is 1.33. The minimum atomic E-state index is -0.719. The lowest BCUT2D eigenvalue weighted by Gasteiger charge is -2.03. The second kappa shape index (κ2) is 4.79. The normalized spacial score (nSPS) is 10.4. The molecule has 4 heteroatoms. The Kier molecular flexibility index (Phi) is 3.68. The summed E-state index contributed by atoms with van der Waals surface area (Å²) in [5.74, 6) is -0.719. The van der Waals surface area contributed by atoms with Crippen molar-refractivity contribution in [3.8, 4) is 0 Å². The molecule has 0 aliphatic carbocycles. The van der Waals surface area contributed by atoms with E-state index in [1.54, 1.807) is 0 Å². The van der Waals surface area contributed by atoms with Crippen LogP contribution in [0, 0.1) is 13.8 Å². The third-order valence-electron chi connectivity index (χ3n) is 2.38. The Morgan fingerprint density at radius 3 is 2.71 bits per heavy atom. The summed E-state index contributed by atoms with van der Waals surface area (Å²) in [6.07, 6.45) is 3.69. The number of aryl methyl sites for hydroxylation is 2. The van der Waals surface area contributed by atoms with E-state index < -0.39 is 5.97 Å². The molecule has 4 nitrogen and oxygen atoms in total. The first kappa shape index (κ1) is 10.8. The summed E-state index contributed by atoms with van der Waals surface area (Å²) < 4.78 is 2.07. The molecular weight excluding hydrogens is 180 g/mol. The number of carboxylic acids is 1. The van der Waals surface area contributed by atoms with Gasteiger partial charge in [0.05, 0.1) is 12.0 Å². The van der Waals surface area contributed by atoms with Gasteiger partial charge in [-0.3, -0.25) is 4.79 Å². The van der Waals surface area contributed by atoms with E-state index in [1.165, 1.54) is 5.69 Å². The van der Waals surface area contributed by atoms with Gasteiger partial charge < -0.3 is 9.67 Å². The lowest BCUT2D eigenvalue weighted by Crippen LogP contribution is -2.01. The molecule has 0 amide bonds. The molecule has 1 aromatic heterocycles. The molecule has 0 atom stereocenters. The van der Waals surface area contributed by atoms with Crippen LogP contribution in [0.3, 0.4) is 0 Å². The monoisotopic (exact) mass is 196 g/mol. The van der Waals surface area contributed by atoms with E-state index in [9.17, 15) is 4.79 Å². The molecule has 0 aliphatic heterocycles. The van der Waals surface area contributed by atoms with Crippen LogP contribution in [-0.2, 0) is 11.3 Å². The van der Waals surface area contributed by atoms with Crippen molar-refractivity contribution in [3.05, 3.63) is 17.7 Å². The Labute approximate surface area is 83.6 Å². The second-order valence-electron chi connectivity index (χ2n) is 3.46. The Morgan fingerprint density at radius 1 is 1.50 bits per heavy atom. The van der Waals surface area contributed by atoms with Crippen molar-refractivity contribution >= 4 is 5.97 Å². The van der Waals surface area contributed by atoms with Crippen molar-refractivity contribution in [2.24, 2.45) is 0 Å². The van der Waals surface area contributed by atoms with Gasteiger partial charge >= 0.3 is 5.97 Å². The minimum Gasteiger partial charge on any atom is -0.481 e. The van der Waals surface area contributed by atoms with Gasteiger partial charge in [0.2, 0.25) is 0 Å². The Bertz CT molecular complexity index is 318. The SMILES string of the molecule is Cc1ncn(CCCCC(=O)O)c1C. The molecule has 14 heavy (non-hydrogen) atoms. The maximum atomic E-state index is 10.3. The average molecular weight is 196 g/mol. The molecule has 0 bridgehead atoms. The standard InChI is InChI=1S/C10H16N2O2/c1-8-9(2)12(7-11-8)6-4-3-5-10(13)14/h7H,3-6H2,1-2H3,(H,13,14). The van der Waals surface area contributed by atoms with Crippen molar-refractivity contribution in [2.75, 3.05) is 0 Å². The van der Waals surface area contributed by atoms with Crippen LogP contribution in [0.2, 0.25) is 0 Å². The molecule has 0 spiro atoms. The number of aliphatic carboxylic acids is 1. The molecule has 0 aliphatic rings. The molecule has 0 unspecified atom stereocenters. The Hall–Kier alpha value is -1.32. The van der Waals surface area contributed by atoms with Gasteiger partial charge in [-0.15, -0.1) is 0 Å². The molecule has 0 aromatic carbocycles. The van der Waals surface area contributed by atoms with Gasteiger partial charge in [0, 0.05) is 18.7 Å². The topological polar surface area (TPSA) is 55.1 Å². The summed E-state index contributed by atoms with van der Waals surface area (Å²) >= 11 is 0.